The number of nitrogens with one attached hydrogen (secondary N) is 2. The van der Waals surface area contributed by atoms with Gasteiger partial charge in [0.25, 0.3) is 0 Å². The molecule has 0 aliphatic rings. The topological polar surface area (TPSA) is 73.6 Å². The molecule has 0 fully saturated rings. The number of para-hydroxylation sites is 1. The first kappa shape index (κ1) is 11.9. The SMILES string of the molecule is CCNc1cncc(Nc2ccccc2C#N)n1. The molecule has 2 rings (SSSR count). The highest BCUT2D eigenvalue weighted by Crippen LogP contribution is 2.18. The summed E-state index contributed by atoms with van der Waals surface area (Å²) in [5, 5.41) is 15.2. The summed E-state index contributed by atoms with van der Waals surface area (Å²) in [5.74, 6) is 1.31. The van der Waals surface area contributed by atoms with Crippen LogP contribution in [-0.4, -0.2) is 16.5 Å². The number of hydrogen-bond acceptors (Lipinski definition) is 5. The van der Waals surface area contributed by atoms with Gasteiger partial charge < -0.3 is 10.6 Å². The number of hydrogen-bond donors (Lipinski definition) is 2. The third kappa shape index (κ3) is 2.74. The molecule has 18 heavy (non-hydrogen) atoms. The molecule has 1 aromatic heterocycles. The van der Waals surface area contributed by atoms with Gasteiger partial charge in [-0.05, 0) is 19.1 Å². The molecule has 5 heteroatoms. The minimum atomic E-state index is 0.577. The van der Waals surface area contributed by atoms with Crippen molar-refractivity contribution in [1.82, 2.24) is 9.97 Å². The molecule has 0 aliphatic heterocycles. The third-order valence-corrected chi connectivity index (χ3v) is 2.30. The Kier molecular flexibility index (Phi) is 3.72. The lowest BCUT2D eigenvalue weighted by atomic mass is 10.2. The molecular formula is C13H13N5. The van der Waals surface area contributed by atoms with Crippen molar-refractivity contribution in [1.29, 1.82) is 5.26 Å². The highest BCUT2D eigenvalue weighted by atomic mass is 15.1. The molecule has 0 aliphatic carbocycles. The van der Waals surface area contributed by atoms with Gasteiger partial charge in [-0.25, -0.2) is 4.98 Å². The highest BCUT2D eigenvalue weighted by molar-refractivity contribution is 5.64. The zero-order chi connectivity index (χ0) is 12.8. The number of nitrogens with zero attached hydrogens (tertiary/aromatic N) is 3. The minimum Gasteiger partial charge on any atom is -0.369 e. The predicted molar refractivity (Wildman–Crippen MR) is 70.6 cm³/mol. The molecule has 0 unspecified atom stereocenters. The fourth-order valence-corrected chi connectivity index (χ4v) is 1.52. The predicted octanol–water partition coefficient (Wildman–Crippen LogP) is 2.52. The Labute approximate surface area is 106 Å². The molecule has 0 radical (unpaired) electrons. The standard InChI is InChI=1S/C13H13N5/c1-2-16-12-8-15-9-13(18-12)17-11-6-4-3-5-10(11)7-14/h3-6,8-9H,2H2,1H3,(H2,16,17,18). The van der Waals surface area contributed by atoms with Gasteiger partial charge in [-0.15, -0.1) is 0 Å². The van der Waals surface area contributed by atoms with E-state index >= 15 is 0 Å². The van der Waals surface area contributed by atoms with E-state index in [1.807, 2.05) is 25.1 Å². The van der Waals surface area contributed by atoms with Gasteiger partial charge in [-0.1, -0.05) is 12.1 Å². The van der Waals surface area contributed by atoms with Gasteiger partial charge in [-0.3, -0.25) is 4.98 Å². The Bertz CT molecular complexity index is 574. The first-order valence-electron chi connectivity index (χ1n) is 5.65. The quantitative estimate of drug-likeness (QED) is 0.857. The van der Waals surface area contributed by atoms with Crippen LogP contribution < -0.4 is 10.6 Å². The summed E-state index contributed by atoms with van der Waals surface area (Å²) in [5.41, 5.74) is 1.30. The second-order valence-electron chi connectivity index (χ2n) is 3.60. The Morgan fingerprint density at radius 2 is 2.00 bits per heavy atom. The van der Waals surface area contributed by atoms with Crippen molar-refractivity contribution >= 4 is 17.3 Å². The van der Waals surface area contributed by atoms with Crippen LogP contribution in [0.5, 0.6) is 0 Å². The molecule has 0 saturated heterocycles. The van der Waals surface area contributed by atoms with E-state index in [9.17, 15) is 0 Å². The van der Waals surface area contributed by atoms with Gasteiger partial charge in [0.2, 0.25) is 0 Å². The van der Waals surface area contributed by atoms with Crippen molar-refractivity contribution in [2.45, 2.75) is 6.92 Å². The number of benzene rings is 1. The Balaban J connectivity index is 2.23. The summed E-state index contributed by atoms with van der Waals surface area (Å²) < 4.78 is 0. The van der Waals surface area contributed by atoms with E-state index in [0.29, 0.717) is 17.2 Å². The molecule has 0 saturated carbocycles. The van der Waals surface area contributed by atoms with Crippen molar-refractivity contribution in [2.75, 3.05) is 17.2 Å². The normalized spacial score (nSPS) is 9.56. The van der Waals surface area contributed by atoms with Crippen LogP contribution in [0.4, 0.5) is 17.3 Å². The summed E-state index contributed by atoms with van der Waals surface area (Å²) in [4.78, 5) is 8.42. The lowest BCUT2D eigenvalue weighted by molar-refractivity contribution is 1.12. The average Bonchev–Trinajstić information content (AvgIpc) is 2.40. The molecular weight excluding hydrogens is 226 g/mol. The van der Waals surface area contributed by atoms with Crippen LogP contribution in [0.15, 0.2) is 36.7 Å². The monoisotopic (exact) mass is 239 g/mol. The fraction of sp³-hybridized carbons (Fsp3) is 0.154. The van der Waals surface area contributed by atoms with Crippen LogP contribution in [0.3, 0.4) is 0 Å². The van der Waals surface area contributed by atoms with Gasteiger partial charge in [-0.2, -0.15) is 5.26 Å². The molecule has 0 spiro atoms. The van der Waals surface area contributed by atoms with Crippen molar-refractivity contribution in [3.63, 3.8) is 0 Å². The van der Waals surface area contributed by atoms with Crippen LogP contribution in [-0.2, 0) is 0 Å². The maximum atomic E-state index is 9.00. The molecule has 90 valence electrons. The van der Waals surface area contributed by atoms with Gasteiger partial charge in [0.05, 0.1) is 23.6 Å². The molecule has 2 N–H and O–H groups in total. The first-order chi connectivity index (χ1) is 8.83. The lowest BCUT2D eigenvalue weighted by Gasteiger charge is -2.08. The van der Waals surface area contributed by atoms with Crippen LogP contribution >= 0.6 is 0 Å². The van der Waals surface area contributed by atoms with Gasteiger partial charge >= 0.3 is 0 Å². The Morgan fingerprint density at radius 3 is 2.78 bits per heavy atom. The summed E-state index contributed by atoms with van der Waals surface area (Å²) >= 11 is 0. The van der Waals surface area contributed by atoms with Crippen LogP contribution in [0.1, 0.15) is 12.5 Å². The number of rotatable bonds is 4. The summed E-state index contributed by atoms with van der Waals surface area (Å²) in [6.45, 7) is 2.78. The van der Waals surface area contributed by atoms with E-state index in [1.165, 1.54) is 0 Å². The molecule has 0 atom stereocenters. The maximum absolute atomic E-state index is 9.00. The first-order valence-corrected chi connectivity index (χ1v) is 5.65. The van der Waals surface area contributed by atoms with Crippen molar-refractivity contribution in [2.24, 2.45) is 0 Å². The third-order valence-electron chi connectivity index (χ3n) is 2.30. The highest BCUT2D eigenvalue weighted by Gasteiger charge is 2.03. The fourth-order valence-electron chi connectivity index (χ4n) is 1.52. The van der Waals surface area contributed by atoms with Crippen LogP contribution in [0.2, 0.25) is 0 Å². The second-order valence-corrected chi connectivity index (χ2v) is 3.60. The van der Waals surface area contributed by atoms with E-state index in [2.05, 4.69) is 26.7 Å². The van der Waals surface area contributed by atoms with Crippen LogP contribution in [0.25, 0.3) is 0 Å². The molecule has 0 bridgehead atoms. The molecule has 1 aromatic carbocycles. The van der Waals surface area contributed by atoms with Gasteiger partial charge in [0.1, 0.15) is 11.9 Å². The second kappa shape index (κ2) is 5.64. The maximum Gasteiger partial charge on any atom is 0.151 e. The summed E-state index contributed by atoms with van der Waals surface area (Å²) in [6.07, 6.45) is 3.28. The molecule has 2 aromatic rings. The Hall–Kier alpha value is -2.61. The number of nitriles is 1. The number of anilines is 3. The molecule has 5 nitrogen and oxygen atoms in total. The van der Waals surface area contributed by atoms with Crippen LogP contribution in [0, 0.1) is 11.3 Å². The van der Waals surface area contributed by atoms with Crippen molar-refractivity contribution in [3.05, 3.63) is 42.2 Å². The van der Waals surface area contributed by atoms with Gasteiger partial charge in [0, 0.05) is 6.54 Å². The van der Waals surface area contributed by atoms with E-state index in [1.54, 1.807) is 18.5 Å². The van der Waals surface area contributed by atoms with E-state index in [0.717, 1.165) is 12.2 Å². The zero-order valence-electron chi connectivity index (χ0n) is 10.0. The zero-order valence-corrected chi connectivity index (χ0v) is 10.0. The summed E-state index contributed by atoms with van der Waals surface area (Å²) in [6, 6.07) is 9.41. The lowest BCUT2D eigenvalue weighted by Crippen LogP contribution is -2.03. The van der Waals surface area contributed by atoms with E-state index < -0.39 is 0 Å². The largest absolute Gasteiger partial charge is 0.369 e. The van der Waals surface area contributed by atoms with E-state index in [4.69, 9.17) is 5.26 Å². The Morgan fingerprint density at radius 1 is 1.22 bits per heavy atom. The van der Waals surface area contributed by atoms with Crippen molar-refractivity contribution < 1.29 is 0 Å². The molecule has 1 heterocycles. The number of aromatic nitrogens is 2. The smallest absolute Gasteiger partial charge is 0.151 e. The average molecular weight is 239 g/mol. The van der Waals surface area contributed by atoms with Crippen molar-refractivity contribution in [3.8, 4) is 6.07 Å². The summed E-state index contributed by atoms with van der Waals surface area (Å²) in [7, 11) is 0. The molecule has 0 amide bonds. The van der Waals surface area contributed by atoms with E-state index in [-0.39, 0.29) is 0 Å². The van der Waals surface area contributed by atoms with Gasteiger partial charge in [0.15, 0.2) is 5.82 Å². The minimum absolute atomic E-state index is 0.577.